The second-order valence-electron chi connectivity index (χ2n) is 5.08. The molecule has 1 atom stereocenters. The summed E-state index contributed by atoms with van der Waals surface area (Å²) < 4.78 is 5.28. The number of rotatable bonds is 2. The van der Waals surface area contributed by atoms with Crippen molar-refractivity contribution < 1.29 is 4.74 Å². The lowest BCUT2D eigenvalue weighted by Gasteiger charge is -2.24. The van der Waals surface area contributed by atoms with Crippen molar-refractivity contribution >= 4 is 10.9 Å². The number of hydrogen-bond acceptors (Lipinski definition) is 2. The number of methoxy groups -OCH3 is 1. The van der Waals surface area contributed by atoms with Crippen molar-refractivity contribution in [3.05, 3.63) is 29.5 Å². The van der Waals surface area contributed by atoms with E-state index in [1.165, 1.54) is 41.4 Å². The van der Waals surface area contributed by atoms with Gasteiger partial charge in [0.25, 0.3) is 0 Å². The fourth-order valence-corrected chi connectivity index (χ4v) is 3.01. The summed E-state index contributed by atoms with van der Waals surface area (Å²) in [6, 6.07) is 6.79. The first-order chi connectivity index (χ1) is 8.79. The molecule has 1 aromatic heterocycles. The van der Waals surface area contributed by atoms with Crippen molar-refractivity contribution in [1.82, 2.24) is 10.3 Å². The van der Waals surface area contributed by atoms with E-state index in [2.05, 4.69) is 29.4 Å². The quantitative estimate of drug-likeness (QED) is 0.850. The third-order valence-electron chi connectivity index (χ3n) is 3.90. The van der Waals surface area contributed by atoms with Crippen molar-refractivity contribution in [2.24, 2.45) is 0 Å². The van der Waals surface area contributed by atoms with E-state index in [-0.39, 0.29) is 0 Å². The highest BCUT2D eigenvalue weighted by Gasteiger charge is 2.20. The topological polar surface area (TPSA) is 37.0 Å². The Bertz CT molecular complexity index is 553. The van der Waals surface area contributed by atoms with E-state index < -0.39 is 0 Å². The lowest BCUT2D eigenvalue weighted by Crippen LogP contribution is -2.27. The van der Waals surface area contributed by atoms with E-state index in [1.54, 1.807) is 7.11 Å². The Labute approximate surface area is 108 Å². The summed E-state index contributed by atoms with van der Waals surface area (Å²) in [4.78, 5) is 3.48. The molecule has 1 saturated heterocycles. The molecule has 2 heterocycles. The molecule has 2 aromatic rings. The standard InChI is InChI=1S/C15H20N2O/c1-10-15(13-5-3-4-8-16-13)12-7-6-11(18-2)9-14(12)17-10/h6-7,9,13,16-17H,3-5,8H2,1-2H3. The summed E-state index contributed by atoms with van der Waals surface area (Å²) in [5, 5.41) is 4.96. The predicted octanol–water partition coefficient (Wildman–Crippen LogP) is 3.30. The van der Waals surface area contributed by atoms with Gasteiger partial charge in [0.15, 0.2) is 0 Å². The number of aromatic nitrogens is 1. The van der Waals surface area contributed by atoms with Crippen LogP contribution < -0.4 is 10.1 Å². The molecule has 1 unspecified atom stereocenters. The smallest absolute Gasteiger partial charge is 0.120 e. The molecule has 0 radical (unpaired) electrons. The largest absolute Gasteiger partial charge is 0.497 e. The zero-order valence-electron chi connectivity index (χ0n) is 11.0. The Kier molecular flexibility index (Phi) is 3.00. The summed E-state index contributed by atoms with van der Waals surface area (Å²) in [7, 11) is 1.71. The fourth-order valence-electron chi connectivity index (χ4n) is 3.01. The molecule has 0 spiro atoms. The van der Waals surface area contributed by atoms with Gasteiger partial charge in [-0.05, 0) is 44.0 Å². The Morgan fingerprint density at radius 1 is 1.28 bits per heavy atom. The minimum absolute atomic E-state index is 0.501. The summed E-state index contributed by atoms with van der Waals surface area (Å²) in [5.41, 5.74) is 3.89. The number of nitrogens with one attached hydrogen (secondary N) is 2. The van der Waals surface area contributed by atoms with Crippen molar-refractivity contribution in [3.63, 3.8) is 0 Å². The van der Waals surface area contributed by atoms with Crippen molar-refractivity contribution in [2.45, 2.75) is 32.2 Å². The third-order valence-corrected chi connectivity index (χ3v) is 3.90. The number of fused-ring (bicyclic) bond motifs is 1. The number of benzene rings is 1. The van der Waals surface area contributed by atoms with Crippen LogP contribution in [-0.2, 0) is 0 Å². The molecule has 2 N–H and O–H groups in total. The van der Waals surface area contributed by atoms with Crippen LogP contribution >= 0.6 is 0 Å². The van der Waals surface area contributed by atoms with Crippen LogP contribution in [0.4, 0.5) is 0 Å². The van der Waals surface area contributed by atoms with Crippen LogP contribution in [-0.4, -0.2) is 18.6 Å². The zero-order valence-corrected chi connectivity index (χ0v) is 11.0. The van der Waals surface area contributed by atoms with Crippen LogP contribution in [0, 0.1) is 6.92 Å². The molecule has 1 aliphatic heterocycles. The number of ether oxygens (including phenoxy) is 1. The molecule has 0 saturated carbocycles. The average molecular weight is 244 g/mol. The van der Waals surface area contributed by atoms with Gasteiger partial charge < -0.3 is 15.0 Å². The Morgan fingerprint density at radius 3 is 2.89 bits per heavy atom. The number of H-pyrrole nitrogens is 1. The minimum Gasteiger partial charge on any atom is -0.497 e. The van der Waals surface area contributed by atoms with Crippen LogP contribution in [0.1, 0.15) is 36.6 Å². The highest BCUT2D eigenvalue weighted by atomic mass is 16.5. The van der Waals surface area contributed by atoms with E-state index in [9.17, 15) is 0 Å². The molecule has 0 aliphatic carbocycles. The van der Waals surface area contributed by atoms with Gasteiger partial charge in [-0.15, -0.1) is 0 Å². The first kappa shape index (κ1) is 11.6. The van der Waals surface area contributed by atoms with Crippen LogP contribution in [0.3, 0.4) is 0 Å². The minimum atomic E-state index is 0.501. The molecule has 3 rings (SSSR count). The molecule has 0 bridgehead atoms. The zero-order chi connectivity index (χ0) is 12.5. The molecular weight excluding hydrogens is 224 g/mol. The summed E-state index contributed by atoms with van der Waals surface area (Å²) >= 11 is 0. The monoisotopic (exact) mass is 244 g/mol. The predicted molar refractivity (Wildman–Crippen MR) is 74.2 cm³/mol. The molecule has 1 aromatic carbocycles. The average Bonchev–Trinajstić information content (AvgIpc) is 2.74. The highest BCUT2D eigenvalue weighted by Crippen LogP contribution is 2.33. The van der Waals surface area contributed by atoms with Gasteiger partial charge >= 0.3 is 0 Å². The molecule has 18 heavy (non-hydrogen) atoms. The van der Waals surface area contributed by atoms with Crippen LogP contribution in [0.2, 0.25) is 0 Å². The van der Waals surface area contributed by atoms with Crippen molar-refractivity contribution in [2.75, 3.05) is 13.7 Å². The van der Waals surface area contributed by atoms with E-state index in [0.29, 0.717) is 6.04 Å². The lowest BCUT2D eigenvalue weighted by molar-refractivity contribution is 0.412. The summed E-state index contributed by atoms with van der Waals surface area (Å²) in [5.74, 6) is 0.909. The van der Waals surface area contributed by atoms with Crippen LogP contribution in [0.15, 0.2) is 18.2 Å². The SMILES string of the molecule is COc1ccc2c(C3CCCCN3)c(C)[nH]c2c1. The lowest BCUT2D eigenvalue weighted by atomic mass is 9.95. The second kappa shape index (κ2) is 4.65. The summed E-state index contributed by atoms with van der Waals surface area (Å²) in [6.45, 7) is 3.30. The van der Waals surface area contributed by atoms with E-state index in [0.717, 1.165) is 12.3 Å². The number of piperidine rings is 1. The molecule has 96 valence electrons. The van der Waals surface area contributed by atoms with Gasteiger partial charge in [-0.2, -0.15) is 0 Å². The van der Waals surface area contributed by atoms with Gasteiger partial charge in [0.1, 0.15) is 5.75 Å². The van der Waals surface area contributed by atoms with Crippen LogP contribution in [0.25, 0.3) is 10.9 Å². The van der Waals surface area contributed by atoms with Gasteiger partial charge in [0.2, 0.25) is 0 Å². The van der Waals surface area contributed by atoms with Gasteiger partial charge in [-0.1, -0.05) is 6.42 Å². The van der Waals surface area contributed by atoms with E-state index >= 15 is 0 Å². The summed E-state index contributed by atoms with van der Waals surface area (Å²) in [6.07, 6.45) is 3.85. The number of hydrogen-bond donors (Lipinski definition) is 2. The maximum atomic E-state index is 5.28. The molecule has 1 fully saturated rings. The van der Waals surface area contributed by atoms with Gasteiger partial charge in [0, 0.05) is 28.7 Å². The Morgan fingerprint density at radius 2 is 2.17 bits per heavy atom. The van der Waals surface area contributed by atoms with Crippen molar-refractivity contribution in [3.8, 4) is 5.75 Å². The highest BCUT2D eigenvalue weighted by molar-refractivity contribution is 5.86. The van der Waals surface area contributed by atoms with E-state index in [4.69, 9.17) is 4.74 Å². The van der Waals surface area contributed by atoms with Crippen molar-refractivity contribution in [1.29, 1.82) is 0 Å². The van der Waals surface area contributed by atoms with Gasteiger partial charge in [0.05, 0.1) is 7.11 Å². The van der Waals surface area contributed by atoms with Gasteiger partial charge in [-0.25, -0.2) is 0 Å². The maximum Gasteiger partial charge on any atom is 0.120 e. The Hall–Kier alpha value is -1.48. The maximum absolute atomic E-state index is 5.28. The van der Waals surface area contributed by atoms with Gasteiger partial charge in [-0.3, -0.25) is 0 Å². The number of aromatic amines is 1. The van der Waals surface area contributed by atoms with Crippen LogP contribution in [0.5, 0.6) is 5.75 Å². The molecular formula is C15H20N2O. The Balaban J connectivity index is 2.07. The molecule has 1 aliphatic rings. The third kappa shape index (κ3) is 1.89. The fraction of sp³-hybridized carbons (Fsp3) is 0.467. The molecule has 3 heteroatoms. The van der Waals surface area contributed by atoms with E-state index in [1.807, 2.05) is 6.07 Å². The normalized spacial score (nSPS) is 20.2. The number of aryl methyl sites for hydroxylation is 1. The molecule has 0 amide bonds. The molecule has 3 nitrogen and oxygen atoms in total. The first-order valence-corrected chi connectivity index (χ1v) is 6.69. The first-order valence-electron chi connectivity index (χ1n) is 6.69. The second-order valence-corrected chi connectivity index (χ2v) is 5.08.